The Hall–Kier alpha value is -7.16. The minimum atomic E-state index is 0.882. The molecule has 0 amide bonds. The van der Waals surface area contributed by atoms with Gasteiger partial charge in [0.1, 0.15) is 11.2 Å². The van der Waals surface area contributed by atoms with Gasteiger partial charge in [-0.15, -0.1) is 0 Å². The smallest absolute Gasteiger partial charge is 0.135 e. The highest BCUT2D eigenvalue weighted by Crippen LogP contribution is 2.41. The maximum absolute atomic E-state index is 6.24. The van der Waals surface area contributed by atoms with Gasteiger partial charge >= 0.3 is 0 Å². The summed E-state index contributed by atoms with van der Waals surface area (Å²) in [6.45, 7) is 0. The second kappa shape index (κ2) is 13.4. The van der Waals surface area contributed by atoms with Crippen LogP contribution in [-0.4, -0.2) is 0 Å². The summed E-state index contributed by atoms with van der Waals surface area (Å²) in [5, 5.41) is 4.72. The van der Waals surface area contributed by atoms with E-state index in [1.165, 1.54) is 49.7 Å². The highest BCUT2D eigenvalue weighted by molar-refractivity contribution is 6.06. The molecule has 0 aliphatic carbocycles. The lowest BCUT2D eigenvalue weighted by molar-refractivity contribution is 0.669. The Morgan fingerprint density at radius 2 is 0.796 bits per heavy atom. The molecule has 0 spiro atoms. The van der Waals surface area contributed by atoms with Crippen LogP contribution >= 0.6 is 0 Å². The van der Waals surface area contributed by atoms with Gasteiger partial charge in [-0.25, -0.2) is 0 Å². The number of hydrogen-bond acceptors (Lipinski definition) is 2. The van der Waals surface area contributed by atoms with E-state index < -0.39 is 0 Å². The van der Waals surface area contributed by atoms with Crippen LogP contribution in [0.2, 0.25) is 0 Å². The molecule has 0 saturated heterocycles. The second-order valence-corrected chi connectivity index (χ2v) is 13.8. The van der Waals surface area contributed by atoms with Crippen LogP contribution < -0.4 is 4.90 Å². The molecule has 0 saturated carbocycles. The Kier molecular flexibility index (Phi) is 7.85. The molecule has 0 fully saturated rings. The highest BCUT2D eigenvalue weighted by Gasteiger charge is 2.17. The van der Waals surface area contributed by atoms with Crippen LogP contribution in [0, 0.1) is 0 Å². The third kappa shape index (κ3) is 5.81. The molecule has 0 bridgehead atoms. The van der Waals surface area contributed by atoms with Crippen molar-refractivity contribution in [1.82, 2.24) is 0 Å². The lowest BCUT2D eigenvalue weighted by atomic mass is 9.95. The minimum Gasteiger partial charge on any atom is -0.456 e. The average molecular weight is 690 g/mol. The fraction of sp³-hybridized carbons (Fsp3) is 0. The Bertz CT molecular complexity index is 2930. The van der Waals surface area contributed by atoms with Crippen LogP contribution in [0.1, 0.15) is 0 Å². The third-order valence-electron chi connectivity index (χ3n) is 10.4. The number of rotatable bonds is 7. The van der Waals surface area contributed by atoms with Gasteiger partial charge in [0.15, 0.2) is 0 Å². The first kappa shape index (κ1) is 31.6. The van der Waals surface area contributed by atoms with Crippen LogP contribution in [0.25, 0.3) is 77.2 Å². The quantitative estimate of drug-likeness (QED) is 0.166. The predicted molar refractivity (Wildman–Crippen MR) is 228 cm³/mol. The van der Waals surface area contributed by atoms with Gasteiger partial charge in [0.05, 0.1) is 0 Å². The van der Waals surface area contributed by atoms with Crippen molar-refractivity contribution in [3.8, 4) is 44.5 Å². The van der Waals surface area contributed by atoms with Crippen molar-refractivity contribution >= 4 is 49.8 Å². The zero-order chi connectivity index (χ0) is 35.8. The van der Waals surface area contributed by atoms with Crippen molar-refractivity contribution in [3.05, 3.63) is 212 Å². The SMILES string of the molecule is c1ccc(-c2cccc(-c3ccc(N(c4cccc(-c5cccc(-c6cccc7ccccc67)c5)c4)c4ccc5oc6ccccc6c5c4)cc3)c2)cc1. The normalized spacial score (nSPS) is 11.3. The standard InChI is InChI=1S/C52H35NO/c1-2-12-36(13-3-1)39-16-8-17-40(32-39)37-26-28-44(29-27-37)53(46-30-31-52-50(35-46)49-23-6-7-25-51(49)54-52)45-21-10-19-42(34-45)41-18-9-20-43(33-41)48-24-11-15-38-14-4-5-22-47(38)48/h1-35H. The maximum Gasteiger partial charge on any atom is 0.135 e. The first-order valence-electron chi connectivity index (χ1n) is 18.4. The zero-order valence-electron chi connectivity index (χ0n) is 29.6. The summed E-state index contributed by atoms with van der Waals surface area (Å²) in [7, 11) is 0. The molecule has 10 rings (SSSR count). The van der Waals surface area contributed by atoms with E-state index in [1.54, 1.807) is 0 Å². The molecular weight excluding hydrogens is 655 g/mol. The fourth-order valence-corrected chi connectivity index (χ4v) is 7.78. The topological polar surface area (TPSA) is 16.4 Å². The Labute approximate surface area is 314 Å². The van der Waals surface area contributed by atoms with Gasteiger partial charge in [0.25, 0.3) is 0 Å². The van der Waals surface area contributed by atoms with Crippen LogP contribution in [0.5, 0.6) is 0 Å². The summed E-state index contributed by atoms with van der Waals surface area (Å²) in [6.07, 6.45) is 0. The molecule has 0 aliphatic rings. The molecular formula is C52H35NO. The molecule has 10 aromatic rings. The van der Waals surface area contributed by atoms with Gasteiger partial charge in [-0.3, -0.25) is 0 Å². The first-order valence-corrected chi connectivity index (χ1v) is 18.4. The van der Waals surface area contributed by atoms with Crippen molar-refractivity contribution in [3.63, 3.8) is 0 Å². The fourth-order valence-electron chi connectivity index (χ4n) is 7.78. The number of furan rings is 1. The molecule has 0 radical (unpaired) electrons. The third-order valence-corrected chi connectivity index (χ3v) is 10.4. The number of para-hydroxylation sites is 1. The number of nitrogens with zero attached hydrogens (tertiary/aromatic N) is 1. The first-order chi connectivity index (χ1) is 26.7. The van der Waals surface area contributed by atoms with Gasteiger partial charge in [-0.05, 0) is 116 Å². The van der Waals surface area contributed by atoms with E-state index in [1.807, 2.05) is 12.1 Å². The molecule has 2 nitrogen and oxygen atoms in total. The van der Waals surface area contributed by atoms with E-state index >= 15 is 0 Å². The number of anilines is 3. The lowest BCUT2D eigenvalue weighted by Crippen LogP contribution is -2.10. The molecule has 0 N–H and O–H groups in total. The van der Waals surface area contributed by atoms with E-state index in [4.69, 9.17) is 4.42 Å². The van der Waals surface area contributed by atoms with E-state index in [2.05, 4.69) is 205 Å². The van der Waals surface area contributed by atoms with Gasteiger partial charge in [-0.2, -0.15) is 0 Å². The molecule has 2 heteroatoms. The van der Waals surface area contributed by atoms with Gasteiger partial charge in [0.2, 0.25) is 0 Å². The summed E-state index contributed by atoms with van der Waals surface area (Å²) in [5.74, 6) is 0. The average Bonchev–Trinajstić information content (AvgIpc) is 3.62. The van der Waals surface area contributed by atoms with Gasteiger partial charge in [-0.1, -0.05) is 152 Å². The van der Waals surface area contributed by atoms with Crippen molar-refractivity contribution in [2.75, 3.05) is 4.90 Å². The summed E-state index contributed by atoms with van der Waals surface area (Å²) in [5.41, 5.74) is 14.6. The summed E-state index contributed by atoms with van der Waals surface area (Å²) < 4.78 is 6.24. The van der Waals surface area contributed by atoms with Crippen molar-refractivity contribution in [2.24, 2.45) is 0 Å². The zero-order valence-corrected chi connectivity index (χ0v) is 29.6. The van der Waals surface area contributed by atoms with Crippen LogP contribution in [0.4, 0.5) is 17.1 Å². The Morgan fingerprint density at radius 1 is 0.278 bits per heavy atom. The van der Waals surface area contributed by atoms with Crippen molar-refractivity contribution in [2.45, 2.75) is 0 Å². The van der Waals surface area contributed by atoms with Crippen molar-refractivity contribution < 1.29 is 4.42 Å². The predicted octanol–water partition coefficient (Wildman–Crippen LogP) is 14.9. The van der Waals surface area contributed by atoms with E-state index in [-0.39, 0.29) is 0 Å². The van der Waals surface area contributed by atoms with Gasteiger partial charge < -0.3 is 9.32 Å². The van der Waals surface area contributed by atoms with E-state index in [0.717, 1.165) is 44.6 Å². The van der Waals surface area contributed by atoms with Crippen LogP contribution in [0.15, 0.2) is 217 Å². The van der Waals surface area contributed by atoms with Gasteiger partial charge in [0, 0.05) is 27.8 Å². The molecule has 254 valence electrons. The molecule has 1 aromatic heterocycles. The Balaban J connectivity index is 1.07. The summed E-state index contributed by atoms with van der Waals surface area (Å²) in [4.78, 5) is 2.35. The second-order valence-electron chi connectivity index (χ2n) is 13.8. The minimum absolute atomic E-state index is 0.882. The lowest BCUT2D eigenvalue weighted by Gasteiger charge is -2.26. The highest BCUT2D eigenvalue weighted by atomic mass is 16.3. The van der Waals surface area contributed by atoms with Crippen LogP contribution in [-0.2, 0) is 0 Å². The van der Waals surface area contributed by atoms with E-state index in [9.17, 15) is 0 Å². The molecule has 9 aromatic carbocycles. The molecule has 54 heavy (non-hydrogen) atoms. The summed E-state index contributed by atoms with van der Waals surface area (Å²) in [6, 6.07) is 76.0. The number of fused-ring (bicyclic) bond motifs is 4. The Morgan fingerprint density at radius 3 is 1.61 bits per heavy atom. The largest absolute Gasteiger partial charge is 0.456 e. The molecule has 0 atom stereocenters. The molecule has 1 heterocycles. The molecule has 0 unspecified atom stereocenters. The maximum atomic E-state index is 6.24. The molecule has 0 aliphatic heterocycles. The monoisotopic (exact) mass is 689 g/mol. The summed E-state index contributed by atoms with van der Waals surface area (Å²) >= 11 is 0. The van der Waals surface area contributed by atoms with E-state index in [0.29, 0.717) is 0 Å². The number of benzene rings is 9. The number of hydrogen-bond donors (Lipinski definition) is 0. The van der Waals surface area contributed by atoms with Crippen LogP contribution in [0.3, 0.4) is 0 Å². The van der Waals surface area contributed by atoms with Crippen molar-refractivity contribution in [1.29, 1.82) is 0 Å².